The van der Waals surface area contributed by atoms with Crippen LogP contribution >= 0.6 is 0 Å². The minimum Gasteiger partial charge on any atom is -0.478 e. The van der Waals surface area contributed by atoms with Crippen LogP contribution in [0.1, 0.15) is 39.9 Å². The second-order valence-electron chi connectivity index (χ2n) is 9.91. The molecule has 0 radical (unpaired) electrons. The summed E-state index contributed by atoms with van der Waals surface area (Å²) in [6, 6.07) is 27.4. The minimum atomic E-state index is -1.48. The number of fused-ring (bicyclic) bond motifs is 3. The lowest BCUT2D eigenvalue weighted by molar-refractivity contribution is -0.122. The van der Waals surface area contributed by atoms with E-state index in [9.17, 15) is 23.9 Å². The lowest BCUT2D eigenvalue weighted by Gasteiger charge is -2.25. The molecule has 1 aliphatic rings. The van der Waals surface area contributed by atoms with Crippen molar-refractivity contribution in [2.75, 3.05) is 11.9 Å². The van der Waals surface area contributed by atoms with E-state index in [4.69, 9.17) is 9.47 Å². The number of aromatic carboxylic acids is 1. The standard InChI is InChI=1S/C33H29FN2O6/c1-20(41-18-21-10-3-2-4-11-21)30(31(37)35-28-17-9-16-26(29(28)34)32(38)39)36-33(40)42-19-27-24-14-7-5-12-22(24)23-13-6-8-15-25(23)27/h2-17,20,27,30H,18-19H2,1H3,(H,35,37)(H,36,40)(H,38,39)/t20-,30+/m0/s1. The molecule has 0 saturated heterocycles. The Balaban J connectivity index is 1.31. The highest BCUT2D eigenvalue weighted by atomic mass is 19.1. The number of benzene rings is 4. The number of carbonyl (C=O) groups is 3. The van der Waals surface area contributed by atoms with Crippen molar-refractivity contribution in [3.63, 3.8) is 0 Å². The first-order chi connectivity index (χ1) is 20.3. The Labute approximate surface area is 242 Å². The minimum absolute atomic E-state index is 0.0305. The van der Waals surface area contributed by atoms with Gasteiger partial charge in [-0.05, 0) is 46.9 Å². The number of hydrogen-bond donors (Lipinski definition) is 3. The van der Waals surface area contributed by atoms with Crippen LogP contribution in [-0.4, -0.2) is 41.8 Å². The quantitative estimate of drug-likeness (QED) is 0.217. The lowest BCUT2D eigenvalue weighted by Crippen LogP contribution is -2.51. The fourth-order valence-electron chi connectivity index (χ4n) is 5.07. The van der Waals surface area contributed by atoms with Gasteiger partial charge in [0.25, 0.3) is 0 Å². The number of anilines is 1. The van der Waals surface area contributed by atoms with E-state index < -0.39 is 41.5 Å². The van der Waals surface area contributed by atoms with Crippen molar-refractivity contribution in [2.45, 2.75) is 31.6 Å². The van der Waals surface area contributed by atoms with Gasteiger partial charge in [-0.2, -0.15) is 0 Å². The van der Waals surface area contributed by atoms with Crippen LogP contribution in [0.4, 0.5) is 14.9 Å². The highest BCUT2D eigenvalue weighted by molar-refractivity contribution is 5.98. The average molecular weight is 569 g/mol. The third-order valence-corrected chi connectivity index (χ3v) is 7.21. The van der Waals surface area contributed by atoms with E-state index in [2.05, 4.69) is 10.6 Å². The highest BCUT2D eigenvalue weighted by Gasteiger charge is 2.32. The van der Waals surface area contributed by atoms with E-state index in [1.165, 1.54) is 12.1 Å². The van der Waals surface area contributed by atoms with Crippen molar-refractivity contribution >= 4 is 23.7 Å². The van der Waals surface area contributed by atoms with Crippen LogP contribution in [0.15, 0.2) is 97.1 Å². The molecule has 3 N–H and O–H groups in total. The molecular formula is C33H29FN2O6. The zero-order chi connectivity index (χ0) is 29.6. The van der Waals surface area contributed by atoms with Crippen LogP contribution in [0.5, 0.6) is 0 Å². The summed E-state index contributed by atoms with van der Waals surface area (Å²) in [4.78, 5) is 37.8. The summed E-state index contributed by atoms with van der Waals surface area (Å²) in [5.74, 6) is -3.56. The maximum absolute atomic E-state index is 14.8. The Kier molecular flexibility index (Phi) is 8.59. The van der Waals surface area contributed by atoms with Gasteiger partial charge in [-0.15, -0.1) is 0 Å². The van der Waals surface area contributed by atoms with Crippen molar-refractivity contribution in [3.8, 4) is 11.1 Å². The van der Waals surface area contributed by atoms with Crippen molar-refractivity contribution < 1.29 is 33.4 Å². The van der Waals surface area contributed by atoms with Crippen LogP contribution in [0, 0.1) is 5.82 Å². The second kappa shape index (κ2) is 12.7. The van der Waals surface area contributed by atoms with Gasteiger partial charge < -0.3 is 25.2 Å². The van der Waals surface area contributed by atoms with Gasteiger partial charge in [0.1, 0.15) is 12.6 Å². The first kappa shape index (κ1) is 28.5. The van der Waals surface area contributed by atoms with Crippen molar-refractivity contribution in [1.29, 1.82) is 0 Å². The first-order valence-corrected chi connectivity index (χ1v) is 13.4. The molecule has 4 aromatic carbocycles. The monoisotopic (exact) mass is 568 g/mol. The molecule has 0 spiro atoms. The topological polar surface area (TPSA) is 114 Å². The summed E-state index contributed by atoms with van der Waals surface area (Å²) in [5.41, 5.74) is 4.14. The normalized spacial score (nSPS) is 13.4. The maximum atomic E-state index is 14.8. The van der Waals surface area contributed by atoms with Gasteiger partial charge in [0, 0.05) is 5.92 Å². The molecule has 5 rings (SSSR count). The zero-order valence-electron chi connectivity index (χ0n) is 22.8. The van der Waals surface area contributed by atoms with Crippen LogP contribution in [0.3, 0.4) is 0 Å². The third kappa shape index (κ3) is 6.16. The predicted octanol–water partition coefficient (Wildman–Crippen LogP) is 5.98. The molecule has 4 aromatic rings. The third-order valence-electron chi connectivity index (χ3n) is 7.21. The number of alkyl carbamates (subject to hydrolysis) is 1. The molecule has 214 valence electrons. The second-order valence-corrected chi connectivity index (χ2v) is 9.91. The Morgan fingerprint density at radius 2 is 1.48 bits per heavy atom. The molecule has 0 saturated carbocycles. The number of nitrogens with one attached hydrogen (secondary N) is 2. The van der Waals surface area contributed by atoms with Crippen LogP contribution < -0.4 is 10.6 Å². The van der Waals surface area contributed by atoms with Gasteiger partial charge in [-0.25, -0.2) is 14.0 Å². The van der Waals surface area contributed by atoms with E-state index in [0.717, 1.165) is 33.9 Å². The van der Waals surface area contributed by atoms with E-state index in [1.807, 2.05) is 78.9 Å². The van der Waals surface area contributed by atoms with Crippen molar-refractivity contribution in [1.82, 2.24) is 5.32 Å². The predicted molar refractivity (Wildman–Crippen MR) is 155 cm³/mol. The molecule has 9 heteroatoms. The van der Waals surface area contributed by atoms with E-state index in [0.29, 0.717) is 0 Å². The Hall–Kier alpha value is -5.02. The summed E-state index contributed by atoms with van der Waals surface area (Å²) < 4.78 is 26.3. The van der Waals surface area contributed by atoms with Crippen molar-refractivity contribution in [2.24, 2.45) is 0 Å². The van der Waals surface area contributed by atoms with E-state index in [-0.39, 0.29) is 24.8 Å². The SMILES string of the molecule is C[C@H](OCc1ccccc1)[C@@H](NC(=O)OCC1c2ccccc2-c2ccccc21)C(=O)Nc1cccc(C(=O)O)c1F. The molecule has 8 nitrogen and oxygen atoms in total. The zero-order valence-corrected chi connectivity index (χ0v) is 22.8. The molecule has 42 heavy (non-hydrogen) atoms. The molecule has 1 aliphatic carbocycles. The van der Waals surface area contributed by atoms with Gasteiger partial charge in [0.15, 0.2) is 5.82 Å². The van der Waals surface area contributed by atoms with Crippen LogP contribution in [0.25, 0.3) is 11.1 Å². The lowest BCUT2D eigenvalue weighted by atomic mass is 9.98. The number of carbonyl (C=O) groups excluding carboxylic acids is 2. The smallest absolute Gasteiger partial charge is 0.407 e. The largest absolute Gasteiger partial charge is 0.478 e. The number of carboxylic acids is 1. The highest BCUT2D eigenvalue weighted by Crippen LogP contribution is 2.44. The molecule has 0 bridgehead atoms. The number of hydrogen-bond acceptors (Lipinski definition) is 5. The summed E-state index contributed by atoms with van der Waals surface area (Å²) in [7, 11) is 0. The van der Waals surface area contributed by atoms with Gasteiger partial charge in [-0.1, -0.05) is 84.9 Å². The molecule has 2 amide bonds. The summed E-state index contributed by atoms with van der Waals surface area (Å²) in [6.07, 6.45) is -1.72. The molecule has 0 heterocycles. The number of rotatable bonds is 10. The molecule has 2 atom stereocenters. The van der Waals surface area contributed by atoms with Gasteiger partial charge >= 0.3 is 12.1 Å². The van der Waals surface area contributed by atoms with Gasteiger partial charge in [0.2, 0.25) is 5.91 Å². The van der Waals surface area contributed by atoms with E-state index in [1.54, 1.807) is 6.92 Å². The Bertz CT molecular complexity index is 1560. The Morgan fingerprint density at radius 1 is 0.857 bits per heavy atom. The number of halogens is 1. The molecular weight excluding hydrogens is 539 g/mol. The first-order valence-electron chi connectivity index (χ1n) is 13.4. The fraction of sp³-hybridized carbons (Fsp3) is 0.182. The Morgan fingerprint density at radius 3 is 2.12 bits per heavy atom. The van der Waals surface area contributed by atoms with Gasteiger partial charge in [-0.3, -0.25) is 4.79 Å². The van der Waals surface area contributed by atoms with Crippen LogP contribution in [-0.2, 0) is 20.9 Å². The summed E-state index contributed by atoms with van der Waals surface area (Å²) >= 11 is 0. The number of amides is 2. The number of ether oxygens (including phenoxy) is 2. The average Bonchev–Trinajstić information content (AvgIpc) is 3.32. The maximum Gasteiger partial charge on any atom is 0.407 e. The molecule has 0 unspecified atom stereocenters. The summed E-state index contributed by atoms with van der Waals surface area (Å²) in [5, 5.41) is 14.2. The van der Waals surface area contributed by atoms with E-state index >= 15 is 0 Å². The molecule has 0 aliphatic heterocycles. The van der Waals surface area contributed by atoms with Crippen molar-refractivity contribution in [3.05, 3.63) is 125 Å². The van der Waals surface area contributed by atoms with Gasteiger partial charge in [0.05, 0.1) is 24.0 Å². The van der Waals surface area contributed by atoms with Crippen LogP contribution in [0.2, 0.25) is 0 Å². The molecule has 0 fully saturated rings. The number of carboxylic acid groups (broad SMARTS) is 1. The fourth-order valence-corrected chi connectivity index (χ4v) is 5.07. The molecule has 0 aromatic heterocycles. The summed E-state index contributed by atoms with van der Waals surface area (Å²) in [6.45, 7) is 1.78.